The van der Waals surface area contributed by atoms with E-state index in [9.17, 15) is 4.79 Å². The second kappa shape index (κ2) is 5.97. The van der Waals surface area contributed by atoms with Crippen molar-refractivity contribution in [2.75, 3.05) is 25.1 Å². The summed E-state index contributed by atoms with van der Waals surface area (Å²) in [5, 5.41) is 1.05. The van der Waals surface area contributed by atoms with Gasteiger partial charge in [0.25, 0.3) is 0 Å². The molecule has 2 heterocycles. The number of aryl methyl sites for hydroxylation is 1. The maximum absolute atomic E-state index is 11.3. The van der Waals surface area contributed by atoms with Gasteiger partial charge in [-0.05, 0) is 19.9 Å². The third-order valence-corrected chi connectivity index (χ3v) is 3.88. The Morgan fingerprint density at radius 3 is 2.95 bits per heavy atom. The fourth-order valence-electron chi connectivity index (χ4n) is 1.96. The molecule has 2 rings (SSSR count). The summed E-state index contributed by atoms with van der Waals surface area (Å²) in [6.45, 7) is 5.49. The second-order valence-electron chi connectivity index (χ2n) is 4.18. The molecule has 0 amide bonds. The minimum Gasteiger partial charge on any atom is -0.469 e. The van der Waals surface area contributed by atoms with E-state index in [1.54, 1.807) is 17.7 Å². The molecule has 0 spiro atoms. The van der Waals surface area contributed by atoms with Crippen LogP contribution in [0.3, 0.4) is 0 Å². The van der Waals surface area contributed by atoms with Crippen molar-refractivity contribution in [3.63, 3.8) is 0 Å². The Hall–Kier alpha value is -1.69. The van der Waals surface area contributed by atoms with Crippen LogP contribution >= 0.6 is 11.3 Å². The van der Waals surface area contributed by atoms with Crippen molar-refractivity contribution in [1.82, 2.24) is 9.97 Å². The fraction of sp³-hybridized carbons (Fsp3) is 0.462. The number of ether oxygens (including phenoxy) is 1. The van der Waals surface area contributed by atoms with E-state index in [0.29, 0.717) is 13.0 Å². The largest absolute Gasteiger partial charge is 0.469 e. The van der Waals surface area contributed by atoms with Crippen LogP contribution in [0, 0.1) is 6.92 Å². The van der Waals surface area contributed by atoms with Crippen molar-refractivity contribution in [1.29, 1.82) is 0 Å². The Labute approximate surface area is 116 Å². The van der Waals surface area contributed by atoms with Gasteiger partial charge in [-0.2, -0.15) is 0 Å². The molecule has 102 valence electrons. The van der Waals surface area contributed by atoms with Crippen molar-refractivity contribution in [3.05, 3.63) is 17.3 Å². The lowest BCUT2D eigenvalue weighted by Gasteiger charge is -2.21. The number of fused-ring (bicyclic) bond motifs is 1. The number of esters is 1. The second-order valence-corrected chi connectivity index (χ2v) is 5.41. The van der Waals surface area contributed by atoms with Crippen LogP contribution in [0.4, 0.5) is 5.82 Å². The quantitative estimate of drug-likeness (QED) is 0.787. The summed E-state index contributed by atoms with van der Waals surface area (Å²) in [6, 6.07) is 2.09. The van der Waals surface area contributed by atoms with Crippen LogP contribution in [0.2, 0.25) is 0 Å². The van der Waals surface area contributed by atoms with Gasteiger partial charge >= 0.3 is 5.97 Å². The highest BCUT2D eigenvalue weighted by molar-refractivity contribution is 7.18. The Morgan fingerprint density at radius 1 is 1.47 bits per heavy atom. The predicted molar refractivity (Wildman–Crippen MR) is 76.7 cm³/mol. The number of nitrogens with zero attached hydrogens (tertiary/aromatic N) is 3. The van der Waals surface area contributed by atoms with Gasteiger partial charge < -0.3 is 9.64 Å². The van der Waals surface area contributed by atoms with Crippen molar-refractivity contribution < 1.29 is 9.53 Å². The fourth-order valence-corrected chi connectivity index (χ4v) is 2.80. The number of anilines is 1. The van der Waals surface area contributed by atoms with Gasteiger partial charge in [-0.1, -0.05) is 0 Å². The summed E-state index contributed by atoms with van der Waals surface area (Å²) in [5.74, 6) is 0.686. The number of rotatable bonds is 5. The molecule has 6 heteroatoms. The summed E-state index contributed by atoms with van der Waals surface area (Å²) in [4.78, 5) is 24.2. The van der Waals surface area contributed by atoms with Gasteiger partial charge in [-0.25, -0.2) is 9.97 Å². The zero-order chi connectivity index (χ0) is 13.8. The number of carbonyl (C=O) groups excluding carboxylic acids is 1. The first-order valence-electron chi connectivity index (χ1n) is 6.18. The molecule has 2 aromatic rings. The number of methoxy groups -OCH3 is 1. The number of hydrogen-bond acceptors (Lipinski definition) is 6. The van der Waals surface area contributed by atoms with E-state index < -0.39 is 0 Å². The molecule has 19 heavy (non-hydrogen) atoms. The first-order chi connectivity index (χ1) is 9.15. The van der Waals surface area contributed by atoms with Crippen molar-refractivity contribution >= 4 is 33.3 Å². The number of thiophene rings is 1. The molecule has 0 aromatic carbocycles. The van der Waals surface area contributed by atoms with Crippen LogP contribution in [0.15, 0.2) is 12.4 Å². The van der Waals surface area contributed by atoms with E-state index in [2.05, 4.69) is 32.6 Å². The number of hydrogen-bond donors (Lipinski definition) is 0. The summed E-state index contributed by atoms with van der Waals surface area (Å²) in [6.07, 6.45) is 1.94. The molecular weight excluding hydrogens is 262 g/mol. The average molecular weight is 279 g/mol. The van der Waals surface area contributed by atoms with Crippen LogP contribution in [0.5, 0.6) is 0 Å². The lowest BCUT2D eigenvalue weighted by molar-refractivity contribution is -0.140. The van der Waals surface area contributed by atoms with Crippen LogP contribution in [-0.4, -0.2) is 36.1 Å². The molecule has 0 fully saturated rings. The lowest BCUT2D eigenvalue weighted by Crippen LogP contribution is -2.27. The van der Waals surface area contributed by atoms with E-state index in [4.69, 9.17) is 0 Å². The minimum absolute atomic E-state index is 0.203. The Kier molecular flexibility index (Phi) is 4.31. The Morgan fingerprint density at radius 2 is 2.26 bits per heavy atom. The summed E-state index contributed by atoms with van der Waals surface area (Å²) in [7, 11) is 1.41. The first kappa shape index (κ1) is 13.7. The zero-order valence-electron chi connectivity index (χ0n) is 11.3. The van der Waals surface area contributed by atoms with Crippen LogP contribution in [0.1, 0.15) is 18.2 Å². The van der Waals surface area contributed by atoms with Gasteiger partial charge in [0, 0.05) is 18.0 Å². The number of carbonyl (C=O) groups is 1. The molecular formula is C13H17N3O2S. The van der Waals surface area contributed by atoms with E-state index in [0.717, 1.165) is 22.6 Å². The highest BCUT2D eigenvalue weighted by Gasteiger charge is 2.14. The molecule has 0 saturated carbocycles. The SMILES string of the molecule is CCN(CCC(=O)OC)c1ncnc2sc(C)cc12. The monoisotopic (exact) mass is 279 g/mol. The van der Waals surface area contributed by atoms with Gasteiger partial charge in [0.15, 0.2) is 0 Å². The topological polar surface area (TPSA) is 55.3 Å². The normalized spacial score (nSPS) is 10.7. The van der Waals surface area contributed by atoms with E-state index in [1.807, 2.05) is 6.92 Å². The summed E-state index contributed by atoms with van der Waals surface area (Å²) >= 11 is 1.65. The van der Waals surface area contributed by atoms with Gasteiger partial charge in [0.05, 0.1) is 18.9 Å². The molecule has 0 N–H and O–H groups in total. The van der Waals surface area contributed by atoms with Gasteiger partial charge in [0.1, 0.15) is 17.0 Å². The van der Waals surface area contributed by atoms with E-state index in [1.165, 1.54) is 12.0 Å². The predicted octanol–water partition coefficient (Wildman–Crippen LogP) is 2.39. The molecule has 2 aromatic heterocycles. The van der Waals surface area contributed by atoms with Crippen LogP contribution in [-0.2, 0) is 9.53 Å². The third-order valence-electron chi connectivity index (χ3n) is 2.93. The van der Waals surface area contributed by atoms with E-state index >= 15 is 0 Å². The lowest BCUT2D eigenvalue weighted by atomic mass is 10.3. The molecule has 0 saturated heterocycles. The summed E-state index contributed by atoms with van der Waals surface area (Å²) < 4.78 is 4.68. The average Bonchev–Trinajstić information content (AvgIpc) is 2.79. The summed E-state index contributed by atoms with van der Waals surface area (Å²) in [5.41, 5.74) is 0. The van der Waals surface area contributed by atoms with Crippen LogP contribution in [0.25, 0.3) is 10.2 Å². The van der Waals surface area contributed by atoms with Gasteiger partial charge in [-0.15, -0.1) is 11.3 Å². The molecule has 0 unspecified atom stereocenters. The molecule has 0 bridgehead atoms. The minimum atomic E-state index is -0.203. The molecule has 0 atom stereocenters. The molecule has 5 nitrogen and oxygen atoms in total. The Bertz CT molecular complexity index is 582. The molecule has 0 aliphatic rings. The highest BCUT2D eigenvalue weighted by Crippen LogP contribution is 2.29. The van der Waals surface area contributed by atoms with Crippen molar-refractivity contribution in [2.24, 2.45) is 0 Å². The van der Waals surface area contributed by atoms with Crippen molar-refractivity contribution in [3.8, 4) is 0 Å². The molecule has 0 aliphatic heterocycles. The number of aromatic nitrogens is 2. The van der Waals surface area contributed by atoms with Gasteiger partial charge in [0.2, 0.25) is 0 Å². The first-order valence-corrected chi connectivity index (χ1v) is 7.00. The Balaban J connectivity index is 2.27. The van der Waals surface area contributed by atoms with Gasteiger partial charge in [-0.3, -0.25) is 4.79 Å². The third kappa shape index (κ3) is 3.01. The maximum atomic E-state index is 11.3. The smallest absolute Gasteiger partial charge is 0.307 e. The van der Waals surface area contributed by atoms with Crippen molar-refractivity contribution in [2.45, 2.75) is 20.3 Å². The molecule has 0 radical (unpaired) electrons. The van der Waals surface area contributed by atoms with Crippen LogP contribution < -0.4 is 4.90 Å². The zero-order valence-corrected chi connectivity index (χ0v) is 12.2. The highest BCUT2D eigenvalue weighted by atomic mass is 32.1. The van der Waals surface area contributed by atoms with E-state index in [-0.39, 0.29) is 5.97 Å². The maximum Gasteiger partial charge on any atom is 0.307 e. The standard InChI is InChI=1S/C13H17N3O2S/c1-4-16(6-5-11(17)18-3)12-10-7-9(2)19-13(10)15-8-14-12/h7-8H,4-6H2,1-3H3. The molecule has 0 aliphatic carbocycles.